The van der Waals surface area contributed by atoms with Crippen molar-refractivity contribution < 1.29 is 18.0 Å². The third-order valence-corrected chi connectivity index (χ3v) is 9.80. The molecule has 0 spiro atoms. The molecule has 2 amide bonds. The second-order valence-electron chi connectivity index (χ2n) is 11.2. The van der Waals surface area contributed by atoms with E-state index in [-0.39, 0.29) is 29.7 Å². The predicted molar refractivity (Wildman–Crippen MR) is 184 cm³/mol. The molecule has 0 bridgehead atoms. The van der Waals surface area contributed by atoms with Crippen LogP contribution in [0, 0.1) is 12.8 Å². The van der Waals surface area contributed by atoms with Crippen molar-refractivity contribution in [3.8, 4) is 0 Å². The molecule has 0 aromatic heterocycles. The SMILES string of the molecule is Cc1cc(Cl)ccc1N(CC(=O)N(Cc1ccc(Br)cc1)C(Cc1ccccc1)C(=O)NCC(C)C)S(=O)(=O)c1ccccc1. The van der Waals surface area contributed by atoms with E-state index in [1.54, 1.807) is 43.3 Å². The maximum Gasteiger partial charge on any atom is 0.264 e. The van der Waals surface area contributed by atoms with E-state index in [1.165, 1.54) is 17.0 Å². The zero-order valence-electron chi connectivity index (χ0n) is 25.5. The maximum absolute atomic E-state index is 14.5. The molecule has 45 heavy (non-hydrogen) atoms. The number of sulfonamides is 1. The molecule has 0 saturated carbocycles. The van der Waals surface area contributed by atoms with Crippen LogP contribution in [0.3, 0.4) is 0 Å². The van der Waals surface area contributed by atoms with E-state index in [0.29, 0.717) is 22.8 Å². The molecule has 4 aromatic rings. The van der Waals surface area contributed by atoms with Crippen LogP contribution in [0.5, 0.6) is 0 Å². The van der Waals surface area contributed by atoms with Crippen molar-refractivity contribution in [3.05, 3.63) is 129 Å². The van der Waals surface area contributed by atoms with Crippen LogP contribution in [0.15, 0.2) is 112 Å². The van der Waals surface area contributed by atoms with Crippen LogP contribution in [0.2, 0.25) is 5.02 Å². The Bertz CT molecular complexity index is 1700. The summed E-state index contributed by atoms with van der Waals surface area (Å²) in [6.45, 7) is 5.74. The average Bonchev–Trinajstić information content (AvgIpc) is 3.02. The number of aryl methyl sites for hydroxylation is 1. The fraction of sp³-hybridized carbons (Fsp3) is 0.257. The van der Waals surface area contributed by atoms with E-state index in [4.69, 9.17) is 11.6 Å². The number of benzene rings is 4. The highest BCUT2D eigenvalue weighted by Crippen LogP contribution is 2.29. The quantitative estimate of drug-likeness (QED) is 0.162. The summed E-state index contributed by atoms with van der Waals surface area (Å²) in [6.07, 6.45) is 0.248. The first-order chi connectivity index (χ1) is 21.5. The first-order valence-corrected chi connectivity index (χ1v) is 17.3. The van der Waals surface area contributed by atoms with Crippen molar-refractivity contribution in [1.82, 2.24) is 10.2 Å². The highest BCUT2D eigenvalue weighted by atomic mass is 79.9. The van der Waals surface area contributed by atoms with Gasteiger partial charge in [0.15, 0.2) is 0 Å². The number of amides is 2. The molecule has 7 nitrogen and oxygen atoms in total. The maximum atomic E-state index is 14.5. The minimum absolute atomic E-state index is 0.0436. The molecule has 0 aliphatic carbocycles. The minimum atomic E-state index is -4.19. The van der Waals surface area contributed by atoms with E-state index in [9.17, 15) is 18.0 Å². The van der Waals surface area contributed by atoms with Gasteiger partial charge in [-0.2, -0.15) is 0 Å². The summed E-state index contributed by atoms with van der Waals surface area (Å²) in [4.78, 5) is 29.9. The topological polar surface area (TPSA) is 86.8 Å². The number of rotatable bonds is 13. The van der Waals surface area contributed by atoms with Crippen LogP contribution in [0.1, 0.15) is 30.5 Å². The van der Waals surface area contributed by atoms with Gasteiger partial charge in [-0.25, -0.2) is 8.42 Å². The lowest BCUT2D eigenvalue weighted by molar-refractivity contribution is -0.140. The number of halogens is 2. The summed E-state index contributed by atoms with van der Waals surface area (Å²) >= 11 is 9.68. The van der Waals surface area contributed by atoms with E-state index in [1.807, 2.05) is 68.4 Å². The number of hydrogen-bond donors (Lipinski definition) is 1. The summed E-state index contributed by atoms with van der Waals surface area (Å²) < 4.78 is 30.2. The second kappa shape index (κ2) is 15.6. The Kier molecular flexibility index (Phi) is 11.8. The summed E-state index contributed by atoms with van der Waals surface area (Å²) in [7, 11) is -4.19. The van der Waals surface area contributed by atoms with Crippen molar-refractivity contribution in [2.24, 2.45) is 5.92 Å². The van der Waals surface area contributed by atoms with Gasteiger partial charge in [0, 0.05) is 29.0 Å². The zero-order valence-corrected chi connectivity index (χ0v) is 28.6. The van der Waals surface area contributed by atoms with Gasteiger partial charge in [-0.3, -0.25) is 13.9 Å². The Morgan fingerprint density at radius 3 is 2.09 bits per heavy atom. The van der Waals surface area contributed by atoms with Crippen LogP contribution in [-0.4, -0.2) is 44.3 Å². The Balaban J connectivity index is 1.81. The molecule has 0 fully saturated rings. The van der Waals surface area contributed by atoms with Crippen molar-refractivity contribution >= 4 is 55.1 Å². The van der Waals surface area contributed by atoms with Crippen molar-refractivity contribution in [2.75, 3.05) is 17.4 Å². The Hall–Kier alpha value is -3.66. The molecule has 0 heterocycles. The summed E-state index contributed by atoms with van der Waals surface area (Å²) in [5, 5.41) is 3.45. The standard InChI is InChI=1S/C35H37BrClN3O4S/c1-25(2)22-38-35(42)33(21-27-10-6-4-7-11-27)39(23-28-14-16-29(36)17-15-28)34(41)24-40(32-19-18-30(37)20-26(32)3)45(43,44)31-12-8-5-9-13-31/h4-20,25,33H,21-24H2,1-3H3,(H,38,42). The molecule has 1 unspecified atom stereocenters. The predicted octanol–water partition coefficient (Wildman–Crippen LogP) is 7.02. The fourth-order valence-electron chi connectivity index (χ4n) is 4.89. The number of anilines is 1. The molecule has 0 aliphatic rings. The molecule has 0 aliphatic heterocycles. The van der Waals surface area contributed by atoms with Gasteiger partial charge in [0.1, 0.15) is 12.6 Å². The molecular formula is C35H37BrClN3O4S. The van der Waals surface area contributed by atoms with Gasteiger partial charge in [0.2, 0.25) is 11.8 Å². The van der Waals surface area contributed by atoms with Gasteiger partial charge in [-0.15, -0.1) is 0 Å². The highest BCUT2D eigenvalue weighted by Gasteiger charge is 2.35. The lowest BCUT2D eigenvalue weighted by atomic mass is 10.0. The van der Waals surface area contributed by atoms with Crippen molar-refractivity contribution in [3.63, 3.8) is 0 Å². The normalized spacial score (nSPS) is 12.0. The van der Waals surface area contributed by atoms with Gasteiger partial charge in [-0.1, -0.05) is 102 Å². The largest absolute Gasteiger partial charge is 0.354 e. The minimum Gasteiger partial charge on any atom is -0.354 e. The average molecular weight is 711 g/mol. The third-order valence-electron chi connectivity index (χ3n) is 7.26. The molecule has 0 radical (unpaired) electrons. The first kappa shape index (κ1) is 34.2. The molecule has 1 atom stereocenters. The second-order valence-corrected chi connectivity index (χ2v) is 14.5. The molecule has 0 saturated heterocycles. The van der Waals surface area contributed by atoms with Crippen molar-refractivity contribution in [1.29, 1.82) is 0 Å². The van der Waals surface area contributed by atoms with E-state index >= 15 is 0 Å². The molecule has 10 heteroatoms. The van der Waals surface area contributed by atoms with Crippen LogP contribution < -0.4 is 9.62 Å². The molecule has 236 valence electrons. The van der Waals surface area contributed by atoms with Crippen LogP contribution in [-0.2, 0) is 32.6 Å². The summed E-state index contributed by atoms with van der Waals surface area (Å²) in [6, 6.07) is 28.9. The van der Waals surface area contributed by atoms with E-state index in [2.05, 4.69) is 21.2 Å². The van der Waals surface area contributed by atoms with Crippen LogP contribution in [0.25, 0.3) is 0 Å². The molecule has 4 aromatic carbocycles. The van der Waals surface area contributed by atoms with Crippen LogP contribution >= 0.6 is 27.5 Å². The number of nitrogens with one attached hydrogen (secondary N) is 1. The summed E-state index contributed by atoms with van der Waals surface area (Å²) in [5.74, 6) is -0.633. The highest BCUT2D eigenvalue weighted by molar-refractivity contribution is 9.10. The fourth-order valence-corrected chi connectivity index (χ4v) is 6.89. The van der Waals surface area contributed by atoms with Gasteiger partial charge < -0.3 is 10.2 Å². The van der Waals surface area contributed by atoms with Gasteiger partial charge in [-0.05, 0) is 72.0 Å². The smallest absolute Gasteiger partial charge is 0.264 e. The van der Waals surface area contributed by atoms with Gasteiger partial charge in [0.25, 0.3) is 10.0 Å². The lowest BCUT2D eigenvalue weighted by Crippen LogP contribution is -2.53. The van der Waals surface area contributed by atoms with Gasteiger partial charge in [0.05, 0.1) is 10.6 Å². The Morgan fingerprint density at radius 2 is 1.49 bits per heavy atom. The zero-order chi connectivity index (χ0) is 32.6. The van der Waals surface area contributed by atoms with Crippen LogP contribution in [0.4, 0.5) is 5.69 Å². The monoisotopic (exact) mass is 709 g/mol. The Labute approximate surface area is 279 Å². The number of carbonyl (C=O) groups is 2. The van der Waals surface area contributed by atoms with E-state index in [0.717, 1.165) is 19.9 Å². The Morgan fingerprint density at radius 1 is 0.867 bits per heavy atom. The lowest BCUT2D eigenvalue weighted by Gasteiger charge is -2.34. The van der Waals surface area contributed by atoms with Gasteiger partial charge >= 0.3 is 0 Å². The first-order valence-electron chi connectivity index (χ1n) is 14.6. The third kappa shape index (κ3) is 9.19. The summed E-state index contributed by atoms with van der Waals surface area (Å²) in [5.41, 5.74) is 2.58. The van der Waals surface area contributed by atoms with E-state index < -0.39 is 28.5 Å². The molecule has 1 N–H and O–H groups in total. The number of nitrogens with zero attached hydrogens (tertiary/aromatic N) is 2. The number of carbonyl (C=O) groups excluding carboxylic acids is 2. The van der Waals surface area contributed by atoms with Crippen molar-refractivity contribution in [2.45, 2.75) is 44.7 Å². The molecule has 4 rings (SSSR count). The number of hydrogen-bond acceptors (Lipinski definition) is 4. The molecular weight excluding hydrogens is 674 g/mol.